The fraction of sp³-hybridized carbons (Fsp3) is 0.500. The van der Waals surface area contributed by atoms with Gasteiger partial charge >= 0.3 is 11.7 Å². The van der Waals surface area contributed by atoms with Gasteiger partial charge in [0.25, 0.3) is 0 Å². The Balaban J connectivity index is 2.11. The average Bonchev–Trinajstić information content (AvgIpc) is 2.51. The molecule has 0 aromatic carbocycles. The molecule has 2 N–H and O–H groups in total. The third-order valence-electron chi connectivity index (χ3n) is 3.61. The van der Waals surface area contributed by atoms with E-state index in [0.717, 1.165) is 12.5 Å². The summed E-state index contributed by atoms with van der Waals surface area (Å²) >= 11 is 0. The van der Waals surface area contributed by atoms with Crippen LogP contribution in [0.5, 0.6) is 0 Å². The summed E-state index contributed by atoms with van der Waals surface area (Å²) in [6.45, 7) is 2.30. The molecular formula is C14H18N4O5. The monoisotopic (exact) mass is 322 g/mol. The Hall–Kier alpha value is -2.71. The quantitative estimate of drug-likeness (QED) is 0.472. The minimum absolute atomic E-state index is 0.00964. The number of rotatable bonds is 5. The predicted octanol–water partition coefficient (Wildman–Crippen LogP) is 1.10. The number of carbonyl (C=O) groups is 2. The van der Waals surface area contributed by atoms with Crippen LogP contribution >= 0.6 is 0 Å². The summed E-state index contributed by atoms with van der Waals surface area (Å²) in [6, 6.07) is 1.20. The molecule has 1 fully saturated rings. The molecule has 1 saturated heterocycles. The molecule has 0 saturated carbocycles. The van der Waals surface area contributed by atoms with Crippen molar-refractivity contribution in [3.05, 3.63) is 27.9 Å². The second-order valence-electron chi connectivity index (χ2n) is 5.50. The number of nitro groups is 1. The highest BCUT2D eigenvalue weighted by Gasteiger charge is 2.25. The van der Waals surface area contributed by atoms with E-state index in [9.17, 15) is 19.7 Å². The molecule has 0 spiro atoms. The highest BCUT2D eigenvalue weighted by atomic mass is 16.6. The van der Waals surface area contributed by atoms with Gasteiger partial charge in [0.05, 0.1) is 17.6 Å². The Morgan fingerprint density at radius 2 is 2.35 bits per heavy atom. The van der Waals surface area contributed by atoms with E-state index in [1.54, 1.807) is 0 Å². The smallest absolute Gasteiger partial charge is 0.339 e. The number of amides is 1. The number of nitrogens with zero attached hydrogens (tertiary/aromatic N) is 2. The van der Waals surface area contributed by atoms with E-state index in [-0.39, 0.29) is 34.9 Å². The van der Waals surface area contributed by atoms with Crippen LogP contribution in [0.15, 0.2) is 12.3 Å². The lowest BCUT2D eigenvalue weighted by Gasteiger charge is -2.27. The normalized spacial score (nSPS) is 20.5. The number of methoxy groups -OCH3 is 1. The van der Waals surface area contributed by atoms with E-state index in [2.05, 4.69) is 20.4 Å². The third kappa shape index (κ3) is 4.15. The van der Waals surface area contributed by atoms with Crippen LogP contribution in [0.25, 0.3) is 0 Å². The topological polar surface area (TPSA) is 123 Å². The van der Waals surface area contributed by atoms with Crippen LogP contribution in [0.3, 0.4) is 0 Å². The van der Waals surface area contributed by atoms with Crippen molar-refractivity contribution in [2.24, 2.45) is 5.92 Å². The molecule has 0 aliphatic carbocycles. The summed E-state index contributed by atoms with van der Waals surface area (Å²) in [5.41, 5.74) is -0.295. The number of hydrogen-bond acceptors (Lipinski definition) is 7. The zero-order valence-electron chi connectivity index (χ0n) is 12.9. The van der Waals surface area contributed by atoms with Crippen molar-refractivity contribution in [1.29, 1.82) is 0 Å². The van der Waals surface area contributed by atoms with E-state index in [4.69, 9.17) is 0 Å². The number of anilines is 1. The Kier molecular flexibility index (Phi) is 5.09. The summed E-state index contributed by atoms with van der Waals surface area (Å²) in [7, 11) is 1.19. The maximum Gasteiger partial charge on any atom is 0.339 e. The second-order valence-corrected chi connectivity index (χ2v) is 5.50. The van der Waals surface area contributed by atoms with Gasteiger partial charge < -0.3 is 15.4 Å². The van der Waals surface area contributed by atoms with Gasteiger partial charge in [-0.1, -0.05) is 0 Å². The highest BCUT2D eigenvalue weighted by molar-refractivity contribution is 5.90. The second kappa shape index (κ2) is 7.03. The standard InChI is InChI=1S/C14H18N4O5/c1-8-3-9(4-12(19)17-8)6-15-13-11(18(21)22)5-10(7-16-13)14(20)23-2/h5,7-9H,3-4,6H2,1-2H3,(H,15,16)(H,17,19)/t8-,9+/m0/s1. The average molecular weight is 322 g/mol. The first-order chi connectivity index (χ1) is 10.9. The molecule has 0 unspecified atom stereocenters. The van der Waals surface area contributed by atoms with Gasteiger partial charge in [-0.3, -0.25) is 14.9 Å². The Bertz CT molecular complexity index is 634. The van der Waals surface area contributed by atoms with Gasteiger partial charge in [0.1, 0.15) is 0 Å². The number of pyridine rings is 1. The highest BCUT2D eigenvalue weighted by Crippen LogP contribution is 2.25. The number of piperidine rings is 1. The third-order valence-corrected chi connectivity index (χ3v) is 3.61. The summed E-state index contributed by atoms with van der Waals surface area (Å²) < 4.78 is 4.52. The fourth-order valence-corrected chi connectivity index (χ4v) is 2.59. The molecule has 0 bridgehead atoms. The number of nitrogens with one attached hydrogen (secondary N) is 2. The number of esters is 1. The molecule has 23 heavy (non-hydrogen) atoms. The molecule has 9 nitrogen and oxygen atoms in total. The van der Waals surface area contributed by atoms with Gasteiger partial charge in [-0.15, -0.1) is 0 Å². The number of aromatic nitrogens is 1. The first kappa shape index (κ1) is 16.7. The summed E-state index contributed by atoms with van der Waals surface area (Å²) in [5.74, 6) is -0.578. The van der Waals surface area contributed by atoms with Crippen LogP contribution in [0.1, 0.15) is 30.1 Å². The molecule has 1 amide bonds. The molecule has 2 rings (SSSR count). The lowest BCUT2D eigenvalue weighted by Crippen LogP contribution is -2.42. The van der Waals surface area contributed by atoms with Gasteiger partial charge in [0.15, 0.2) is 0 Å². The molecule has 1 aliphatic rings. The van der Waals surface area contributed by atoms with E-state index in [0.29, 0.717) is 13.0 Å². The van der Waals surface area contributed by atoms with Crippen molar-refractivity contribution in [2.75, 3.05) is 19.0 Å². The fourth-order valence-electron chi connectivity index (χ4n) is 2.59. The van der Waals surface area contributed by atoms with Crippen molar-refractivity contribution >= 4 is 23.4 Å². The van der Waals surface area contributed by atoms with Crippen molar-refractivity contribution in [2.45, 2.75) is 25.8 Å². The van der Waals surface area contributed by atoms with Crippen LogP contribution < -0.4 is 10.6 Å². The SMILES string of the molecule is COC(=O)c1cnc(NC[C@H]2CC(=O)N[C@@H](C)C2)c([N+](=O)[O-])c1. The molecule has 2 heterocycles. The lowest BCUT2D eigenvalue weighted by atomic mass is 9.93. The number of carbonyl (C=O) groups excluding carboxylic acids is 2. The maximum absolute atomic E-state index is 11.5. The molecule has 9 heteroatoms. The van der Waals surface area contributed by atoms with Crippen LogP contribution in [0, 0.1) is 16.0 Å². The number of ether oxygens (including phenoxy) is 1. The zero-order valence-corrected chi connectivity index (χ0v) is 12.9. The number of hydrogen-bond donors (Lipinski definition) is 2. The predicted molar refractivity (Wildman–Crippen MR) is 81.0 cm³/mol. The summed E-state index contributed by atoms with van der Waals surface area (Å²) in [4.78, 5) is 37.4. The van der Waals surface area contributed by atoms with Gasteiger partial charge in [-0.2, -0.15) is 0 Å². The Labute approximate surface area is 132 Å². The van der Waals surface area contributed by atoms with Crippen molar-refractivity contribution in [1.82, 2.24) is 10.3 Å². The molecular weight excluding hydrogens is 304 g/mol. The molecule has 1 aromatic heterocycles. The van der Waals surface area contributed by atoms with E-state index in [1.807, 2.05) is 6.92 Å². The first-order valence-electron chi connectivity index (χ1n) is 7.16. The van der Waals surface area contributed by atoms with E-state index >= 15 is 0 Å². The Morgan fingerprint density at radius 3 is 2.96 bits per heavy atom. The molecule has 2 atom stereocenters. The van der Waals surface area contributed by atoms with Gasteiger partial charge in [0, 0.05) is 31.3 Å². The maximum atomic E-state index is 11.5. The van der Waals surface area contributed by atoms with Crippen LogP contribution in [0.4, 0.5) is 11.5 Å². The van der Waals surface area contributed by atoms with Crippen LogP contribution in [-0.4, -0.2) is 41.5 Å². The first-order valence-corrected chi connectivity index (χ1v) is 7.16. The largest absolute Gasteiger partial charge is 0.465 e. The van der Waals surface area contributed by atoms with Gasteiger partial charge in [-0.05, 0) is 19.3 Å². The summed E-state index contributed by atoms with van der Waals surface area (Å²) in [5, 5.41) is 16.9. The van der Waals surface area contributed by atoms with Crippen molar-refractivity contribution in [3.63, 3.8) is 0 Å². The minimum atomic E-state index is -0.690. The van der Waals surface area contributed by atoms with Gasteiger partial charge in [0.2, 0.25) is 11.7 Å². The van der Waals surface area contributed by atoms with Crippen LogP contribution in [0.2, 0.25) is 0 Å². The minimum Gasteiger partial charge on any atom is -0.465 e. The summed E-state index contributed by atoms with van der Waals surface area (Å²) in [6.07, 6.45) is 2.37. The molecule has 1 aromatic rings. The molecule has 1 aliphatic heterocycles. The molecule has 124 valence electrons. The Morgan fingerprint density at radius 1 is 1.61 bits per heavy atom. The van der Waals surface area contributed by atoms with E-state index in [1.165, 1.54) is 13.3 Å². The van der Waals surface area contributed by atoms with Crippen molar-refractivity contribution < 1.29 is 19.2 Å². The zero-order chi connectivity index (χ0) is 17.0. The van der Waals surface area contributed by atoms with Gasteiger partial charge in [-0.25, -0.2) is 9.78 Å². The molecule has 0 radical (unpaired) electrons. The van der Waals surface area contributed by atoms with Crippen LogP contribution in [-0.2, 0) is 9.53 Å². The van der Waals surface area contributed by atoms with Crippen molar-refractivity contribution in [3.8, 4) is 0 Å². The lowest BCUT2D eigenvalue weighted by molar-refractivity contribution is -0.384. The van der Waals surface area contributed by atoms with E-state index < -0.39 is 10.9 Å².